The number of rotatable bonds is 2. The molecule has 0 radical (unpaired) electrons. The monoisotopic (exact) mass is 222 g/mol. The van der Waals surface area contributed by atoms with Gasteiger partial charge >= 0.3 is 0 Å². The summed E-state index contributed by atoms with van der Waals surface area (Å²) in [5, 5.41) is 21.3. The fourth-order valence-electron chi connectivity index (χ4n) is 2.09. The normalized spacial score (nSPS) is 19.6. The van der Waals surface area contributed by atoms with Gasteiger partial charge in [0.05, 0.1) is 7.11 Å². The van der Waals surface area contributed by atoms with Crippen LogP contribution in [-0.4, -0.2) is 23.3 Å². The molecule has 1 aliphatic carbocycles. The molecule has 1 unspecified atom stereocenters. The number of benzene rings is 1. The molecule has 0 fully saturated rings. The Kier molecular flexibility index (Phi) is 2.60. The predicted molar refractivity (Wildman–Crippen MR) is 59.0 cm³/mol. The molecule has 4 N–H and O–H groups in total. The number of oxime groups is 1. The molecule has 0 aliphatic heterocycles. The third-order valence-corrected chi connectivity index (χ3v) is 2.97. The molecule has 2 rings (SSSR count). The highest BCUT2D eigenvalue weighted by Crippen LogP contribution is 2.35. The van der Waals surface area contributed by atoms with Gasteiger partial charge in [-0.2, -0.15) is 0 Å². The van der Waals surface area contributed by atoms with E-state index in [4.69, 9.17) is 15.7 Å². The van der Waals surface area contributed by atoms with Crippen LogP contribution in [0.5, 0.6) is 11.5 Å². The molecule has 1 aromatic rings. The first-order valence-electron chi connectivity index (χ1n) is 5.02. The molecule has 0 heterocycles. The molecular weight excluding hydrogens is 208 g/mol. The molecule has 1 atom stereocenters. The van der Waals surface area contributed by atoms with Gasteiger partial charge in [-0.1, -0.05) is 5.16 Å². The van der Waals surface area contributed by atoms with Crippen LogP contribution in [0.4, 0.5) is 0 Å². The van der Waals surface area contributed by atoms with Gasteiger partial charge in [-0.05, 0) is 36.1 Å². The molecule has 0 saturated heterocycles. The Morgan fingerprint density at radius 3 is 2.62 bits per heavy atom. The first-order valence-corrected chi connectivity index (χ1v) is 5.02. The molecule has 0 saturated carbocycles. The van der Waals surface area contributed by atoms with Crippen LogP contribution in [0.3, 0.4) is 0 Å². The highest BCUT2D eigenvalue weighted by atomic mass is 16.5. The van der Waals surface area contributed by atoms with Crippen molar-refractivity contribution in [1.29, 1.82) is 0 Å². The summed E-state index contributed by atoms with van der Waals surface area (Å²) in [6.07, 6.45) is 1.39. The number of nitrogens with zero attached hydrogens (tertiary/aromatic N) is 1. The molecule has 0 aromatic heterocycles. The molecule has 16 heavy (non-hydrogen) atoms. The molecule has 0 bridgehead atoms. The standard InChI is InChI=1S/C11H14N2O3/c1-16-10-5-7-3-8(11(12)13-15)2-6(7)4-9(10)14/h4-5,8,14-15H,2-3H2,1H3,(H2,12,13). The topological polar surface area (TPSA) is 88.1 Å². The van der Waals surface area contributed by atoms with E-state index in [1.54, 1.807) is 12.1 Å². The van der Waals surface area contributed by atoms with E-state index in [2.05, 4.69) is 5.16 Å². The number of amidine groups is 1. The van der Waals surface area contributed by atoms with Gasteiger partial charge in [0, 0.05) is 5.92 Å². The maximum Gasteiger partial charge on any atom is 0.160 e. The summed E-state index contributed by atoms with van der Waals surface area (Å²) in [5.41, 5.74) is 7.67. The fraction of sp³-hybridized carbons (Fsp3) is 0.364. The van der Waals surface area contributed by atoms with Gasteiger partial charge in [0.15, 0.2) is 11.5 Å². The SMILES string of the molecule is COc1cc2c(cc1O)CC(C(N)=NO)C2. The van der Waals surface area contributed by atoms with E-state index in [0.29, 0.717) is 18.6 Å². The molecule has 0 spiro atoms. The first-order chi connectivity index (χ1) is 7.65. The lowest BCUT2D eigenvalue weighted by atomic mass is 10.1. The van der Waals surface area contributed by atoms with E-state index in [1.165, 1.54) is 7.11 Å². The van der Waals surface area contributed by atoms with Crippen LogP contribution in [0.2, 0.25) is 0 Å². The summed E-state index contributed by atoms with van der Waals surface area (Å²) in [6.45, 7) is 0. The smallest absolute Gasteiger partial charge is 0.160 e. The van der Waals surface area contributed by atoms with Crippen molar-refractivity contribution >= 4 is 5.84 Å². The van der Waals surface area contributed by atoms with Gasteiger partial charge in [-0.15, -0.1) is 0 Å². The van der Waals surface area contributed by atoms with Crippen molar-refractivity contribution in [2.75, 3.05) is 7.11 Å². The van der Waals surface area contributed by atoms with Gasteiger partial charge in [0.25, 0.3) is 0 Å². The minimum absolute atomic E-state index is 0.00602. The molecular formula is C11H14N2O3. The predicted octanol–water partition coefficient (Wildman–Crippen LogP) is 0.862. The lowest BCUT2D eigenvalue weighted by Gasteiger charge is -2.05. The van der Waals surface area contributed by atoms with Crippen LogP contribution in [0.15, 0.2) is 17.3 Å². The van der Waals surface area contributed by atoms with Crippen LogP contribution < -0.4 is 10.5 Å². The molecule has 0 amide bonds. The Balaban J connectivity index is 2.31. The minimum Gasteiger partial charge on any atom is -0.504 e. The number of methoxy groups -OCH3 is 1. The molecule has 1 aliphatic rings. The number of ether oxygens (including phenoxy) is 1. The zero-order valence-corrected chi connectivity index (χ0v) is 8.97. The van der Waals surface area contributed by atoms with E-state index < -0.39 is 0 Å². The third kappa shape index (κ3) is 1.64. The summed E-state index contributed by atoms with van der Waals surface area (Å²) in [7, 11) is 1.51. The van der Waals surface area contributed by atoms with E-state index >= 15 is 0 Å². The number of phenolic OH excluding ortho intramolecular Hbond substituents is 1. The van der Waals surface area contributed by atoms with Crippen LogP contribution >= 0.6 is 0 Å². The van der Waals surface area contributed by atoms with E-state index in [0.717, 1.165) is 11.1 Å². The highest BCUT2D eigenvalue weighted by molar-refractivity contribution is 5.83. The number of nitrogens with two attached hydrogens (primary N) is 1. The number of hydrogen-bond donors (Lipinski definition) is 3. The second-order valence-electron chi connectivity index (χ2n) is 3.92. The van der Waals surface area contributed by atoms with E-state index in [1.807, 2.05) is 0 Å². The Bertz CT molecular complexity index is 443. The van der Waals surface area contributed by atoms with Crippen LogP contribution in [0, 0.1) is 5.92 Å². The number of fused-ring (bicyclic) bond motifs is 1. The van der Waals surface area contributed by atoms with Crippen LogP contribution in [0.25, 0.3) is 0 Å². The number of phenols is 1. The molecule has 1 aromatic carbocycles. The van der Waals surface area contributed by atoms with E-state index in [-0.39, 0.29) is 17.5 Å². The van der Waals surface area contributed by atoms with Crippen LogP contribution in [-0.2, 0) is 12.8 Å². The Labute approximate surface area is 93.1 Å². The summed E-state index contributed by atoms with van der Waals surface area (Å²) in [4.78, 5) is 0. The minimum atomic E-state index is 0.00602. The molecule has 5 nitrogen and oxygen atoms in total. The lowest BCUT2D eigenvalue weighted by Crippen LogP contribution is -2.23. The zero-order valence-electron chi connectivity index (χ0n) is 8.97. The average Bonchev–Trinajstić information content (AvgIpc) is 2.69. The van der Waals surface area contributed by atoms with Gasteiger partial charge in [0.1, 0.15) is 5.84 Å². The first kappa shape index (κ1) is 10.6. The number of hydrogen-bond acceptors (Lipinski definition) is 4. The zero-order chi connectivity index (χ0) is 11.7. The third-order valence-electron chi connectivity index (χ3n) is 2.97. The van der Waals surface area contributed by atoms with Crippen molar-refractivity contribution in [3.8, 4) is 11.5 Å². The van der Waals surface area contributed by atoms with E-state index in [9.17, 15) is 5.11 Å². The van der Waals surface area contributed by atoms with Crippen molar-refractivity contribution < 1.29 is 15.1 Å². The maximum absolute atomic E-state index is 9.62. The molecule has 5 heteroatoms. The summed E-state index contributed by atoms with van der Waals surface area (Å²) in [6, 6.07) is 3.48. The van der Waals surface area contributed by atoms with Crippen LogP contribution in [0.1, 0.15) is 11.1 Å². The van der Waals surface area contributed by atoms with Crippen molar-refractivity contribution in [3.63, 3.8) is 0 Å². The van der Waals surface area contributed by atoms with Crippen molar-refractivity contribution in [3.05, 3.63) is 23.3 Å². The second-order valence-corrected chi connectivity index (χ2v) is 3.92. The van der Waals surface area contributed by atoms with Crippen molar-refractivity contribution in [1.82, 2.24) is 0 Å². The summed E-state index contributed by atoms with van der Waals surface area (Å²) in [5.74, 6) is 0.821. The maximum atomic E-state index is 9.62. The van der Waals surface area contributed by atoms with Gasteiger partial charge in [0.2, 0.25) is 0 Å². The van der Waals surface area contributed by atoms with Gasteiger partial charge in [-0.3, -0.25) is 0 Å². The lowest BCUT2D eigenvalue weighted by molar-refractivity contribution is 0.314. The quantitative estimate of drug-likeness (QED) is 0.300. The average molecular weight is 222 g/mol. The summed E-state index contributed by atoms with van der Waals surface area (Å²) < 4.78 is 5.03. The Hall–Kier alpha value is -1.91. The molecule has 86 valence electrons. The number of aromatic hydroxyl groups is 1. The Morgan fingerprint density at radius 1 is 1.44 bits per heavy atom. The highest BCUT2D eigenvalue weighted by Gasteiger charge is 2.26. The Morgan fingerprint density at radius 2 is 2.06 bits per heavy atom. The van der Waals surface area contributed by atoms with Gasteiger partial charge < -0.3 is 20.8 Å². The fourth-order valence-corrected chi connectivity index (χ4v) is 2.09. The van der Waals surface area contributed by atoms with Crippen molar-refractivity contribution in [2.24, 2.45) is 16.8 Å². The largest absolute Gasteiger partial charge is 0.504 e. The summed E-state index contributed by atoms with van der Waals surface area (Å²) >= 11 is 0. The second kappa shape index (κ2) is 3.92. The van der Waals surface area contributed by atoms with Crippen molar-refractivity contribution in [2.45, 2.75) is 12.8 Å². The van der Waals surface area contributed by atoms with Gasteiger partial charge in [-0.25, -0.2) is 0 Å².